The number of rotatable bonds is 2. The maximum Gasteiger partial charge on any atom is 0.0465 e. The molecule has 0 amide bonds. The summed E-state index contributed by atoms with van der Waals surface area (Å²) in [6, 6.07) is 6.21. The van der Waals surface area contributed by atoms with Gasteiger partial charge in [-0.2, -0.15) is 0 Å². The topological polar surface area (TPSA) is 15.3 Å². The van der Waals surface area contributed by atoms with Gasteiger partial charge in [-0.05, 0) is 19.1 Å². The summed E-state index contributed by atoms with van der Waals surface area (Å²) in [7, 11) is 0. The summed E-state index contributed by atoms with van der Waals surface area (Å²) >= 11 is 12.3. The lowest BCUT2D eigenvalue weighted by atomic mass is 10.1. The van der Waals surface area contributed by atoms with E-state index in [1.54, 1.807) is 0 Å². The predicted molar refractivity (Wildman–Crippen MR) is 76.5 cm³/mol. The molecule has 2 nitrogen and oxygen atoms in total. The van der Waals surface area contributed by atoms with Crippen molar-refractivity contribution in [2.24, 2.45) is 0 Å². The molecule has 17 heavy (non-hydrogen) atoms. The van der Waals surface area contributed by atoms with Crippen LogP contribution in [-0.2, 0) is 6.54 Å². The Labute approximate surface area is 119 Å². The zero-order valence-electron chi connectivity index (χ0n) is 9.75. The molecule has 1 aromatic rings. The first-order chi connectivity index (χ1) is 7.66. The fourth-order valence-electron chi connectivity index (χ4n) is 2.06. The van der Waals surface area contributed by atoms with Crippen LogP contribution in [0.4, 0.5) is 0 Å². The molecule has 1 aliphatic heterocycles. The van der Waals surface area contributed by atoms with E-state index in [1.165, 1.54) is 0 Å². The summed E-state index contributed by atoms with van der Waals surface area (Å²) < 4.78 is 0. The molecule has 1 unspecified atom stereocenters. The molecule has 0 aliphatic carbocycles. The predicted octanol–water partition coefficient (Wildman–Crippen LogP) is 3.21. The second-order valence-corrected chi connectivity index (χ2v) is 5.10. The molecule has 1 heterocycles. The van der Waals surface area contributed by atoms with Crippen molar-refractivity contribution in [1.29, 1.82) is 0 Å². The average molecular weight is 296 g/mol. The highest BCUT2D eigenvalue weighted by Crippen LogP contribution is 2.25. The van der Waals surface area contributed by atoms with E-state index < -0.39 is 0 Å². The molecule has 1 fully saturated rings. The van der Waals surface area contributed by atoms with Gasteiger partial charge in [0.05, 0.1) is 0 Å². The maximum absolute atomic E-state index is 6.16. The van der Waals surface area contributed by atoms with Gasteiger partial charge in [-0.1, -0.05) is 29.3 Å². The van der Waals surface area contributed by atoms with Crippen molar-refractivity contribution in [1.82, 2.24) is 10.2 Å². The Balaban J connectivity index is 0.00000144. The number of hydrogen-bond donors (Lipinski definition) is 1. The van der Waals surface area contributed by atoms with Gasteiger partial charge in [-0.3, -0.25) is 4.90 Å². The van der Waals surface area contributed by atoms with Crippen molar-refractivity contribution in [3.63, 3.8) is 0 Å². The summed E-state index contributed by atoms with van der Waals surface area (Å²) in [5.74, 6) is 0. The van der Waals surface area contributed by atoms with Crippen molar-refractivity contribution in [3.8, 4) is 0 Å². The zero-order chi connectivity index (χ0) is 11.5. The van der Waals surface area contributed by atoms with E-state index in [4.69, 9.17) is 23.2 Å². The van der Waals surface area contributed by atoms with Gasteiger partial charge >= 0.3 is 0 Å². The first kappa shape index (κ1) is 15.1. The van der Waals surface area contributed by atoms with Gasteiger partial charge < -0.3 is 5.32 Å². The highest BCUT2D eigenvalue weighted by Gasteiger charge is 2.17. The van der Waals surface area contributed by atoms with Crippen LogP contribution in [0.5, 0.6) is 0 Å². The van der Waals surface area contributed by atoms with Gasteiger partial charge in [-0.25, -0.2) is 0 Å². The van der Waals surface area contributed by atoms with E-state index in [2.05, 4.69) is 17.1 Å². The average Bonchev–Trinajstić information content (AvgIpc) is 2.24. The molecule has 96 valence electrons. The molecule has 2 rings (SSSR count). The van der Waals surface area contributed by atoms with E-state index in [9.17, 15) is 0 Å². The third-order valence-electron chi connectivity index (χ3n) is 2.90. The number of nitrogens with zero attached hydrogens (tertiary/aromatic N) is 1. The molecule has 1 aromatic carbocycles. The molecule has 0 radical (unpaired) electrons. The van der Waals surface area contributed by atoms with E-state index >= 15 is 0 Å². The molecule has 0 spiro atoms. The first-order valence-electron chi connectivity index (χ1n) is 5.55. The highest BCUT2D eigenvalue weighted by atomic mass is 35.5. The summed E-state index contributed by atoms with van der Waals surface area (Å²) in [5.41, 5.74) is 1.04. The minimum Gasteiger partial charge on any atom is -0.312 e. The van der Waals surface area contributed by atoms with E-state index in [0.29, 0.717) is 6.04 Å². The van der Waals surface area contributed by atoms with Crippen LogP contribution in [0.2, 0.25) is 10.0 Å². The lowest BCUT2D eigenvalue weighted by Crippen LogP contribution is -2.48. The third-order valence-corrected chi connectivity index (χ3v) is 3.60. The van der Waals surface area contributed by atoms with Crippen LogP contribution in [0.3, 0.4) is 0 Å². The number of piperazine rings is 1. The molecule has 0 aromatic heterocycles. The fraction of sp³-hybridized carbons (Fsp3) is 0.500. The van der Waals surface area contributed by atoms with Gasteiger partial charge in [-0.15, -0.1) is 12.4 Å². The van der Waals surface area contributed by atoms with Crippen LogP contribution in [0.15, 0.2) is 18.2 Å². The quantitative estimate of drug-likeness (QED) is 0.901. The van der Waals surface area contributed by atoms with Crippen molar-refractivity contribution in [2.75, 3.05) is 19.6 Å². The molecule has 1 atom stereocenters. The van der Waals surface area contributed by atoms with Crippen LogP contribution in [0.1, 0.15) is 12.5 Å². The summed E-state index contributed by atoms with van der Waals surface area (Å²) in [6.07, 6.45) is 0. The molecular weight excluding hydrogens is 279 g/mol. The minimum absolute atomic E-state index is 0. The van der Waals surface area contributed by atoms with Crippen LogP contribution >= 0.6 is 35.6 Å². The number of benzene rings is 1. The smallest absolute Gasteiger partial charge is 0.0465 e. The van der Waals surface area contributed by atoms with Gasteiger partial charge in [0.1, 0.15) is 0 Å². The van der Waals surface area contributed by atoms with Gasteiger partial charge in [0.25, 0.3) is 0 Å². The first-order valence-corrected chi connectivity index (χ1v) is 6.31. The van der Waals surface area contributed by atoms with E-state index in [0.717, 1.165) is 41.8 Å². The summed E-state index contributed by atoms with van der Waals surface area (Å²) in [4.78, 5) is 2.38. The van der Waals surface area contributed by atoms with Crippen LogP contribution < -0.4 is 5.32 Å². The van der Waals surface area contributed by atoms with Gasteiger partial charge in [0, 0.05) is 47.8 Å². The van der Waals surface area contributed by atoms with Crippen LogP contribution in [-0.4, -0.2) is 30.6 Å². The second kappa shape index (κ2) is 6.81. The highest BCUT2D eigenvalue weighted by molar-refractivity contribution is 6.35. The SMILES string of the molecule is CC1CN(Cc2c(Cl)cccc2Cl)CCN1.Cl. The largest absolute Gasteiger partial charge is 0.312 e. The minimum atomic E-state index is 0. The maximum atomic E-state index is 6.16. The van der Waals surface area contributed by atoms with Crippen LogP contribution in [0.25, 0.3) is 0 Å². The number of nitrogens with one attached hydrogen (secondary N) is 1. The summed E-state index contributed by atoms with van der Waals surface area (Å²) in [6.45, 7) is 6.15. The lowest BCUT2D eigenvalue weighted by Gasteiger charge is -2.32. The molecule has 1 N–H and O–H groups in total. The van der Waals surface area contributed by atoms with Gasteiger partial charge in [0.2, 0.25) is 0 Å². The van der Waals surface area contributed by atoms with Crippen molar-refractivity contribution in [3.05, 3.63) is 33.8 Å². The Bertz CT molecular complexity index is 351. The van der Waals surface area contributed by atoms with E-state index in [-0.39, 0.29) is 12.4 Å². The molecule has 1 saturated heterocycles. The standard InChI is InChI=1S/C12H16Cl2N2.ClH/c1-9-7-16(6-5-15-9)8-10-11(13)3-2-4-12(10)14;/h2-4,9,15H,5-8H2,1H3;1H. The van der Waals surface area contributed by atoms with Crippen molar-refractivity contribution < 1.29 is 0 Å². The Hall–Kier alpha value is 0.01000. The van der Waals surface area contributed by atoms with Crippen LogP contribution in [0, 0.1) is 0 Å². The van der Waals surface area contributed by atoms with Crippen molar-refractivity contribution in [2.45, 2.75) is 19.5 Å². The molecular formula is C12H17Cl3N2. The second-order valence-electron chi connectivity index (χ2n) is 4.29. The molecule has 5 heteroatoms. The lowest BCUT2D eigenvalue weighted by molar-refractivity contribution is 0.200. The van der Waals surface area contributed by atoms with Gasteiger partial charge in [0.15, 0.2) is 0 Å². The molecule has 1 aliphatic rings. The Kier molecular flexibility index (Phi) is 6.04. The zero-order valence-corrected chi connectivity index (χ0v) is 12.1. The van der Waals surface area contributed by atoms with E-state index in [1.807, 2.05) is 18.2 Å². The van der Waals surface area contributed by atoms with Crippen molar-refractivity contribution >= 4 is 35.6 Å². The fourth-order valence-corrected chi connectivity index (χ4v) is 2.58. The Morgan fingerprint density at radius 3 is 2.59 bits per heavy atom. The Morgan fingerprint density at radius 2 is 2.00 bits per heavy atom. The molecule has 0 bridgehead atoms. The molecule has 0 saturated carbocycles. The third kappa shape index (κ3) is 4.01. The monoisotopic (exact) mass is 294 g/mol. The number of halogens is 3. The summed E-state index contributed by atoms with van der Waals surface area (Å²) in [5, 5.41) is 4.94. The normalized spacial score (nSPS) is 21.0. The Morgan fingerprint density at radius 1 is 1.35 bits per heavy atom. The number of hydrogen-bond acceptors (Lipinski definition) is 2.